The molecule has 3 fully saturated rings. The predicted molar refractivity (Wildman–Crippen MR) is 130 cm³/mol. The first-order valence-electron chi connectivity index (χ1n) is 12.3. The van der Waals surface area contributed by atoms with Crippen molar-refractivity contribution < 1.29 is 14.3 Å². The Morgan fingerprint density at radius 1 is 1.12 bits per heavy atom. The number of benzene rings is 1. The molecule has 0 aromatic heterocycles. The highest BCUT2D eigenvalue weighted by molar-refractivity contribution is 9.09. The van der Waals surface area contributed by atoms with Crippen LogP contribution in [0.3, 0.4) is 0 Å². The third kappa shape index (κ3) is 5.39. The van der Waals surface area contributed by atoms with Gasteiger partial charge in [0, 0.05) is 10.9 Å². The molecular formula is C26H37BrN2O3. The fraction of sp³-hybridized carbons (Fsp3) is 0.692. The molecule has 1 aromatic carbocycles. The highest BCUT2D eigenvalue weighted by Gasteiger charge is 2.49. The van der Waals surface area contributed by atoms with Crippen molar-refractivity contribution >= 4 is 27.8 Å². The van der Waals surface area contributed by atoms with E-state index in [2.05, 4.69) is 56.5 Å². The number of piperidine rings is 1. The molecule has 0 radical (unpaired) electrons. The van der Waals surface area contributed by atoms with Gasteiger partial charge in [0.25, 0.3) is 0 Å². The standard InChI is InChI=1S/C26H37BrN2O3/c1-17(29-12-10-19(11-13-29)14-18-6-4-3-5-7-18)25(30)28-24-22-16-21(27)9-8-20(22)15-23(24)26(31)32-2/h3-7,17,19-24H,8-16H2,1-2H3,(H,28,30). The Morgan fingerprint density at radius 2 is 1.84 bits per heavy atom. The number of hydrogen-bond acceptors (Lipinski definition) is 4. The fourth-order valence-corrected chi connectivity index (χ4v) is 6.96. The van der Waals surface area contributed by atoms with Gasteiger partial charge in [0.05, 0.1) is 19.1 Å². The molecule has 1 N–H and O–H groups in total. The molecule has 176 valence electrons. The number of rotatable bonds is 6. The lowest BCUT2D eigenvalue weighted by Gasteiger charge is -2.37. The van der Waals surface area contributed by atoms with Crippen LogP contribution in [0.1, 0.15) is 51.0 Å². The van der Waals surface area contributed by atoms with Crippen molar-refractivity contribution in [3.05, 3.63) is 35.9 Å². The number of carbonyl (C=O) groups is 2. The lowest BCUT2D eigenvalue weighted by molar-refractivity contribution is -0.146. The highest BCUT2D eigenvalue weighted by Crippen LogP contribution is 2.47. The highest BCUT2D eigenvalue weighted by atomic mass is 79.9. The summed E-state index contributed by atoms with van der Waals surface area (Å²) in [6, 6.07) is 10.4. The quantitative estimate of drug-likeness (QED) is 0.466. The molecule has 32 heavy (non-hydrogen) atoms. The summed E-state index contributed by atoms with van der Waals surface area (Å²) in [5.74, 6) is 1.20. The first-order valence-corrected chi connectivity index (χ1v) is 13.2. The van der Waals surface area contributed by atoms with Crippen LogP contribution in [0.2, 0.25) is 0 Å². The maximum atomic E-state index is 13.3. The molecule has 4 rings (SSSR count). The molecule has 3 aliphatic rings. The second-order valence-corrected chi connectivity index (χ2v) is 11.4. The molecule has 0 spiro atoms. The first-order chi connectivity index (χ1) is 15.5. The first kappa shape index (κ1) is 23.7. The van der Waals surface area contributed by atoms with Gasteiger partial charge in [-0.3, -0.25) is 14.5 Å². The van der Waals surface area contributed by atoms with Crippen LogP contribution in [0.5, 0.6) is 0 Å². The van der Waals surface area contributed by atoms with Gasteiger partial charge in [0.15, 0.2) is 0 Å². The second-order valence-electron chi connectivity index (χ2n) is 10.1. The van der Waals surface area contributed by atoms with Gasteiger partial charge in [-0.2, -0.15) is 0 Å². The molecule has 1 heterocycles. The summed E-state index contributed by atoms with van der Waals surface area (Å²) in [7, 11) is 1.46. The minimum absolute atomic E-state index is 0.0581. The molecule has 1 saturated heterocycles. The van der Waals surface area contributed by atoms with Crippen LogP contribution in [-0.2, 0) is 20.7 Å². The van der Waals surface area contributed by atoms with Crippen molar-refractivity contribution in [1.29, 1.82) is 0 Å². The van der Waals surface area contributed by atoms with Crippen LogP contribution in [-0.4, -0.2) is 53.9 Å². The number of hydrogen-bond donors (Lipinski definition) is 1. The van der Waals surface area contributed by atoms with E-state index in [4.69, 9.17) is 4.74 Å². The second kappa shape index (κ2) is 10.7. The topological polar surface area (TPSA) is 58.6 Å². The molecule has 6 heteroatoms. The number of methoxy groups -OCH3 is 1. The monoisotopic (exact) mass is 504 g/mol. The number of nitrogens with one attached hydrogen (secondary N) is 1. The molecule has 6 unspecified atom stereocenters. The SMILES string of the molecule is COC(=O)C1CC2CCC(Br)CC2C1NC(=O)C(C)N1CCC(Cc2ccccc2)CC1. The summed E-state index contributed by atoms with van der Waals surface area (Å²) >= 11 is 3.78. The Bertz CT molecular complexity index is 781. The average molecular weight is 505 g/mol. The van der Waals surface area contributed by atoms with Crippen LogP contribution in [0.4, 0.5) is 0 Å². The summed E-state index contributed by atoms with van der Waals surface area (Å²) in [4.78, 5) is 28.5. The Morgan fingerprint density at radius 3 is 2.53 bits per heavy atom. The summed E-state index contributed by atoms with van der Waals surface area (Å²) in [6.07, 6.45) is 7.47. The minimum atomic E-state index is -0.222. The zero-order valence-corrected chi connectivity index (χ0v) is 20.9. The summed E-state index contributed by atoms with van der Waals surface area (Å²) in [6.45, 7) is 3.92. The van der Waals surface area contributed by atoms with Gasteiger partial charge >= 0.3 is 5.97 Å². The summed E-state index contributed by atoms with van der Waals surface area (Å²) in [5, 5.41) is 3.31. The number of fused-ring (bicyclic) bond motifs is 1. The zero-order valence-electron chi connectivity index (χ0n) is 19.3. The van der Waals surface area contributed by atoms with E-state index < -0.39 is 0 Å². The van der Waals surface area contributed by atoms with Crippen molar-refractivity contribution in [2.45, 2.75) is 68.8 Å². The lowest BCUT2D eigenvalue weighted by atomic mass is 9.80. The summed E-state index contributed by atoms with van der Waals surface area (Å²) in [5.41, 5.74) is 1.40. The molecule has 6 atom stereocenters. The van der Waals surface area contributed by atoms with Gasteiger partial charge in [-0.25, -0.2) is 0 Å². The number of alkyl halides is 1. The van der Waals surface area contributed by atoms with Crippen molar-refractivity contribution in [3.63, 3.8) is 0 Å². The molecule has 1 aromatic rings. The van der Waals surface area contributed by atoms with Crippen molar-refractivity contribution in [3.8, 4) is 0 Å². The number of carbonyl (C=O) groups excluding carboxylic acids is 2. The van der Waals surface area contributed by atoms with Gasteiger partial charge < -0.3 is 10.1 Å². The van der Waals surface area contributed by atoms with E-state index in [-0.39, 0.29) is 29.9 Å². The number of likely N-dealkylation sites (tertiary alicyclic amines) is 1. The number of ether oxygens (including phenoxy) is 1. The molecular weight excluding hydrogens is 468 g/mol. The van der Waals surface area contributed by atoms with E-state index in [1.807, 2.05) is 6.92 Å². The Labute approximate surface area is 200 Å². The van der Waals surface area contributed by atoms with E-state index in [0.29, 0.717) is 22.6 Å². The normalized spacial score (nSPS) is 32.2. The summed E-state index contributed by atoms with van der Waals surface area (Å²) < 4.78 is 5.10. The van der Waals surface area contributed by atoms with E-state index >= 15 is 0 Å². The van der Waals surface area contributed by atoms with Crippen LogP contribution < -0.4 is 5.32 Å². The third-order valence-corrected chi connectivity index (χ3v) is 9.02. The predicted octanol–water partition coefficient (Wildman–Crippen LogP) is 4.19. The number of halogens is 1. The number of amides is 1. The van der Waals surface area contributed by atoms with Crippen molar-refractivity contribution in [2.24, 2.45) is 23.7 Å². The maximum absolute atomic E-state index is 13.3. The molecule has 1 amide bonds. The maximum Gasteiger partial charge on any atom is 0.310 e. The van der Waals surface area contributed by atoms with Crippen LogP contribution in [0.25, 0.3) is 0 Å². The van der Waals surface area contributed by atoms with Gasteiger partial charge in [-0.05, 0) is 88.3 Å². The number of esters is 1. The van der Waals surface area contributed by atoms with Crippen molar-refractivity contribution in [2.75, 3.05) is 20.2 Å². The smallest absolute Gasteiger partial charge is 0.310 e. The van der Waals surface area contributed by atoms with Gasteiger partial charge in [-0.15, -0.1) is 0 Å². The van der Waals surface area contributed by atoms with E-state index in [1.54, 1.807) is 0 Å². The average Bonchev–Trinajstić information content (AvgIpc) is 3.16. The third-order valence-electron chi connectivity index (χ3n) is 8.19. The molecule has 5 nitrogen and oxygen atoms in total. The minimum Gasteiger partial charge on any atom is -0.469 e. The fourth-order valence-electron chi connectivity index (χ4n) is 6.26. The Hall–Kier alpha value is -1.40. The zero-order chi connectivity index (χ0) is 22.7. The van der Waals surface area contributed by atoms with Crippen LogP contribution >= 0.6 is 15.9 Å². The van der Waals surface area contributed by atoms with Crippen molar-refractivity contribution in [1.82, 2.24) is 10.2 Å². The Balaban J connectivity index is 1.33. The van der Waals surface area contributed by atoms with Gasteiger partial charge in [0.1, 0.15) is 0 Å². The van der Waals surface area contributed by atoms with Crippen LogP contribution in [0.15, 0.2) is 30.3 Å². The van der Waals surface area contributed by atoms with Gasteiger partial charge in [-0.1, -0.05) is 46.3 Å². The lowest BCUT2D eigenvalue weighted by Crippen LogP contribution is -2.53. The number of nitrogens with zero attached hydrogens (tertiary/aromatic N) is 1. The molecule has 2 saturated carbocycles. The van der Waals surface area contributed by atoms with E-state index in [0.717, 1.165) is 58.0 Å². The van der Waals surface area contributed by atoms with E-state index in [9.17, 15) is 9.59 Å². The molecule has 1 aliphatic heterocycles. The van der Waals surface area contributed by atoms with E-state index in [1.165, 1.54) is 12.7 Å². The molecule has 2 aliphatic carbocycles. The van der Waals surface area contributed by atoms with Crippen LogP contribution in [0, 0.1) is 23.7 Å². The molecule has 0 bridgehead atoms. The van der Waals surface area contributed by atoms with Gasteiger partial charge in [0.2, 0.25) is 5.91 Å². The Kier molecular flexibility index (Phi) is 7.93. The largest absolute Gasteiger partial charge is 0.469 e.